The third kappa shape index (κ3) is 2120. The maximum atomic E-state index is 8.66. The van der Waals surface area contributed by atoms with Crippen molar-refractivity contribution in [1.29, 1.82) is 0 Å². The topological polar surface area (TPSA) is 250 Å². The molecule has 3 N–H and O–H groups in total. The first-order valence-corrected chi connectivity index (χ1v) is 6.73. The van der Waals surface area contributed by atoms with Crippen LogP contribution in [0.1, 0.15) is 0 Å². The van der Waals surface area contributed by atoms with Gasteiger partial charge in [-0.1, -0.05) is 0 Å². The van der Waals surface area contributed by atoms with Gasteiger partial charge in [-0.15, -0.1) is 0 Å². The molecule has 0 fully saturated rings. The molecule has 0 amide bonds. The molecule has 1 radical (unpaired) electrons. The van der Waals surface area contributed by atoms with Gasteiger partial charge in [0.25, 0.3) is 0 Å². The van der Waals surface area contributed by atoms with Gasteiger partial charge in [0.05, 0.1) is 23.5 Å². The summed E-state index contributed by atoms with van der Waals surface area (Å²) >= 11 is 0. The van der Waals surface area contributed by atoms with Crippen molar-refractivity contribution in [3.8, 4) is 0 Å². The SMILES string of the molecule is O=P([O-])([O-])O.O=P([O-])([O-])O.O=P([O-])([O-])O.[Al+3].[Cr+3]. The zero-order valence-electron chi connectivity index (χ0n) is 7.34. The third-order valence-electron chi connectivity index (χ3n) is 0. The fourth-order valence-corrected chi connectivity index (χ4v) is 0. The molecule has 0 aromatic carbocycles. The van der Waals surface area contributed by atoms with Crippen molar-refractivity contribution < 1.29 is 75.1 Å². The van der Waals surface area contributed by atoms with E-state index in [1.54, 1.807) is 0 Å². The van der Waals surface area contributed by atoms with E-state index in [4.69, 9.17) is 57.7 Å². The van der Waals surface area contributed by atoms with Crippen LogP contribution < -0.4 is 29.4 Å². The molecule has 0 aliphatic rings. The van der Waals surface area contributed by atoms with Crippen molar-refractivity contribution >= 4 is 40.8 Å². The summed E-state index contributed by atoms with van der Waals surface area (Å²) < 4.78 is 26.0. The summed E-state index contributed by atoms with van der Waals surface area (Å²) in [5.74, 6) is 0. The van der Waals surface area contributed by atoms with Crippen LogP contribution in [0, 0.1) is 0 Å². The van der Waals surface area contributed by atoms with E-state index >= 15 is 0 Å². The zero-order chi connectivity index (χ0) is 13.5. The van der Waals surface area contributed by atoms with Crippen LogP contribution in [-0.4, -0.2) is 32.0 Å². The molecule has 12 nitrogen and oxygen atoms in total. The minimum Gasteiger partial charge on any atom is -0.790 e. The van der Waals surface area contributed by atoms with Crippen LogP contribution in [0.4, 0.5) is 0 Å². The van der Waals surface area contributed by atoms with Crippen LogP contribution in [0.25, 0.3) is 0 Å². The van der Waals surface area contributed by atoms with Crippen LogP contribution in [0.2, 0.25) is 0 Å². The molecule has 0 aromatic heterocycles. The Morgan fingerprint density at radius 1 is 0.588 bits per heavy atom. The molecule has 0 atom stereocenters. The average Bonchev–Trinajstić information content (AvgIpc) is 1.41. The number of phosphoric acid groups is 3. The molecule has 0 aromatic rings. The molecule has 0 saturated carbocycles. The summed E-state index contributed by atoms with van der Waals surface area (Å²) in [6.45, 7) is 0. The molecule has 99 valence electrons. The van der Waals surface area contributed by atoms with E-state index in [0.717, 1.165) is 0 Å². The Bertz CT molecular complexity index is 208. The van der Waals surface area contributed by atoms with Gasteiger partial charge < -0.3 is 57.7 Å². The fourth-order valence-electron chi connectivity index (χ4n) is 0. The van der Waals surface area contributed by atoms with E-state index < -0.39 is 23.5 Å². The molecule has 0 saturated heterocycles. The predicted octanol–water partition coefficient (Wildman–Crippen LogP) is -6.96. The first-order valence-electron chi connectivity index (χ1n) is 2.24. The van der Waals surface area contributed by atoms with Crippen molar-refractivity contribution in [3.63, 3.8) is 0 Å². The first kappa shape index (κ1) is 31.0. The minimum absolute atomic E-state index is 0. The van der Waals surface area contributed by atoms with Crippen LogP contribution in [0.15, 0.2) is 0 Å². The molecule has 0 rings (SSSR count). The molecule has 0 heterocycles. The molecule has 0 spiro atoms. The summed E-state index contributed by atoms with van der Waals surface area (Å²) in [6, 6.07) is 0. The number of rotatable bonds is 0. The summed E-state index contributed by atoms with van der Waals surface area (Å²) in [5.41, 5.74) is 0. The second-order valence-corrected chi connectivity index (χ2v) is 4.22. The number of hydrogen-bond donors (Lipinski definition) is 3. The van der Waals surface area contributed by atoms with E-state index in [-0.39, 0.29) is 34.7 Å². The normalized spacial score (nSPS) is 10.4. The molecule has 0 bridgehead atoms. The molecular formula is H3AlCrO12P3. The summed E-state index contributed by atoms with van der Waals surface area (Å²) in [6.07, 6.45) is 0. The molecule has 0 aliphatic heterocycles. The van der Waals surface area contributed by atoms with Gasteiger partial charge in [0.2, 0.25) is 0 Å². The summed E-state index contributed by atoms with van der Waals surface area (Å²) in [5, 5.41) is 0. The Balaban J connectivity index is -0.0000000400. The van der Waals surface area contributed by atoms with E-state index in [1.807, 2.05) is 0 Å². The molecule has 0 aliphatic carbocycles. The standard InChI is InChI=1S/Al.Cr.3H3O4P/c;;3*1-5(2,3)4/h;;3*(H3,1,2,3,4)/q2*+3;;;/p-6. The largest absolute Gasteiger partial charge is 3.00 e. The van der Waals surface area contributed by atoms with Crippen molar-refractivity contribution in [2.45, 2.75) is 0 Å². The Kier molecular flexibility index (Phi) is 22.7. The Labute approximate surface area is 116 Å². The van der Waals surface area contributed by atoms with Gasteiger partial charge in [-0.25, -0.2) is 0 Å². The van der Waals surface area contributed by atoms with Gasteiger partial charge in [0.1, 0.15) is 0 Å². The van der Waals surface area contributed by atoms with Gasteiger partial charge in [0.15, 0.2) is 0 Å². The molecule has 17 heteroatoms. The van der Waals surface area contributed by atoms with Gasteiger partial charge in [-0.05, 0) is 0 Å². The summed E-state index contributed by atoms with van der Waals surface area (Å²) in [4.78, 5) is 72.9. The Hall–Kier alpha value is 1.39. The van der Waals surface area contributed by atoms with E-state index in [1.165, 1.54) is 0 Å². The average molecular weight is 367 g/mol. The quantitative estimate of drug-likeness (QED) is 0.267. The molecule has 0 unspecified atom stereocenters. The van der Waals surface area contributed by atoms with E-state index in [0.29, 0.717) is 0 Å². The second kappa shape index (κ2) is 12.4. The van der Waals surface area contributed by atoms with Gasteiger partial charge >= 0.3 is 34.7 Å². The van der Waals surface area contributed by atoms with Crippen LogP contribution in [-0.2, 0) is 31.1 Å². The smallest absolute Gasteiger partial charge is 0.790 e. The van der Waals surface area contributed by atoms with Gasteiger partial charge in [0, 0.05) is 0 Å². The second-order valence-electron chi connectivity index (χ2n) is 1.41. The van der Waals surface area contributed by atoms with Crippen molar-refractivity contribution in [3.05, 3.63) is 0 Å². The Morgan fingerprint density at radius 3 is 0.588 bits per heavy atom. The third-order valence-corrected chi connectivity index (χ3v) is 0. The monoisotopic (exact) mass is 367 g/mol. The van der Waals surface area contributed by atoms with Crippen LogP contribution in [0.5, 0.6) is 0 Å². The fraction of sp³-hybridized carbons (Fsp3) is 0. The first-order chi connectivity index (χ1) is 6.00. The van der Waals surface area contributed by atoms with E-state index in [9.17, 15) is 0 Å². The maximum Gasteiger partial charge on any atom is 3.00 e. The molecule has 17 heavy (non-hydrogen) atoms. The van der Waals surface area contributed by atoms with E-state index in [2.05, 4.69) is 0 Å². The van der Waals surface area contributed by atoms with Crippen LogP contribution in [0.3, 0.4) is 0 Å². The molecular weight excluding hydrogens is 364 g/mol. The zero-order valence-corrected chi connectivity index (χ0v) is 12.5. The number of hydrogen-bond acceptors (Lipinski definition) is 9. The van der Waals surface area contributed by atoms with Crippen molar-refractivity contribution in [2.24, 2.45) is 0 Å². The maximum absolute atomic E-state index is 8.66. The van der Waals surface area contributed by atoms with Gasteiger partial charge in [-0.3, -0.25) is 0 Å². The predicted molar refractivity (Wildman–Crippen MR) is 35.2 cm³/mol. The van der Waals surface area contributed by atoms with Crippen LogP contribution >= 0.6 is 23.5 Å². The van der Waals surface area contributed by atoms with Crippen molar-refractivity contribution in [2.75, 3.05) is 0 Å². The van der Waals surface area contributed by atoms with Crippen molar-refractivity contribution in [1.82, 2.24) is 0 Å². The summed E-state index contributed by atoms with van der Waals surface area (Å²) in [7, 11) is -15.4. The van der Waals surface area contributed by atoms with Gasteiger partial charge in [-0.2, -0.15) is 0 Å². The minimum atomic E-state index is -5.14. The Morgan fingerprint density at radius 2 is 0.588 bits per heavy atom.